The van der Waals surface area contributed by atoms with Crippen molar-refractivity contribution in [2.24, 2.45) is 0 Å². The summed E-state index contributed by atoms with van der Waals surface area (Å²) in [6.45, 7) is 2.02. The number of hydrogen-bond donors (Lipinski definition) is 1. The van der Waals surface area contributed by atoms with Gasteiger partial charge in [-0.05, 0) is 18.1 Å². The molecule has 20 heavy (non-hydrogen) atoms. The van der Waals surface area contributed by atoms with E-state index in [1.54, 1.807) is 12.1 Å². The van der Waals surface area contributed by atoms with Crippen molar-refractivity contribution in [2.75, 3.05) is 25.4 Å². The van der Waals surface area contributed by atoms with Crippen LogP contribution >= 0.6 is 0 Å². The number of rotatable bonds is 7. The Labute approximate surface area is 119 Å². The SMILES string of the molecule is CCc1ccccc1NS(=O)(=O)N(C)CCC(=O)OC. The maximum atomic E-state index is 12.1. The molecule has 0 aliphatic rings. The topological polar surface area (TPSA) is 75.7 Å². The first-order valence-electron chi connectivity index (χ1n) is 6.29. The Balaban J connectivity index is 2.76. The molecule has 112 valence electrons. The number of nitrogens with one attached hydrogen (secondary N) is 1. The van der Waals surface area contributed by atoms with E-state index >= 15 is 0 Å². The fraction of sp³-hybridized carbons (Fsp3) is 0.462. The van der Waals surface area contributed by atoms with E-state index in [0.29, 0.717) is 5.69 Å². The van der Waals surface area contributed by atoms with E-state index in [2.05, 4.69) is 9.46 Å². The summed E-state index contributed by atoms with van der Waals surface area (Å²) >= 11 is 0. The van der Waals surface area contributed by atoms with Crippen molar-refractivity contribution in [3.05, 3.63) is 29.8 Å². The van der Waals surface area contributed by atoms with E-state index < -0.39 is 16.2 Å². The molecule has 0 saturated heterocycles. The number of methoxy groups -OCH3 is 1. The fourth-order valence-electron chi connectivity index (χ4n) is 1.62. The Morgan fingerprint density at radius 1 is 1.35 bits per heavy atom. The highest BCUT2D eigenvalue weighted by molar-refractivity contribution is 7.90. The zero-order valence-corrected chi connectivity index (χ0v) is 12.7. The fourth-order valence-corrected chi connectivity index (χ4v) is 2.58. The first kappa shape index (κ1) is 16.5. The average molecular weight is 300 g/mol. The Morgan fingerprint density at radius 2 is 2.00 bits per heavy atom. The van der Waals surface area contributed by atoms with Crippen molar-refractivity contribution in [3.8, 4) is 0 Å². The van der Waals surface area contributed by atoms with Crippen LogP contribution in [0.3, 0.4) is 0 Å². The predicted molar refractivity (Wildman–Crippen MR) is 77.6 cm³/mol. The Bertz CT molecular complexity index is 557. The van der Waals surface area contributed by atoms with Crippen LogP contribution < -0.4 is 4.72 Å². The van der Waals surface area contributed by atoms with Gasteiger partial charge in [-0.3, -0.25) is 9.52 Å². The van der Waals surface area contributed by atoms with Gasteiger partial charge in [0, 0.05) is 13.6 Å². The molecular weight excluding hydrogens is 280 g/mol. The molecule has 0 spiro atoms. The summed E-state index contributed by atoms with van der Waals surface area (Å²) in [6, 6.07) is 7.21. The quantitative estimate of drug-likeness (QED) is 0.772. The molecule has 0 bridgehead atoms. The van der Waals surface area contributed by atoms with Crippen LogP contribution in [-0.4, -0.2) is 39.4 Å². The lowest BCUT2D eigenvalue weighted by Crippen LogP contribution is -2.34. The van der Waals surface area contributed by atoms with Gasteiger partial charge in [-0.2, -0.15) is 12.7 Å². The molecule has 0 unspecified atom stereocenters. The molecular formula is C13H20N2O4S. The summed E-state index contributed by atoms with van der Waals surface area (Å²) in [5.74, 6) is -0.444. The van der Waals surface area contributed by atoms with Gasteiger partial charge in [-0.15, -0.1) is 0 Å². The van der Waals surface area contributed by atoms with Crippen molar-refractivity contribution in [2.45, 2.75) is 19.8 Å². The molecule has 0 aliphatic heterocycles. The van der Waals surface area contributed by atoms with Gasteiger partial charge in [-0.25, -0.2) is 0 Å². The first-order valence-corrected chi connectivity index (χ1v) is 7.73. The number of aryl methyl sites for hydroxylation is 1. The first-order chi connectivity index (χ1) is 9.40. The van der Waals surface area contributed by atoms with Crippen molar-refractivity contribution in [1.29, 1.82) is 0 Å². The second-order valence-electron chi connectivity index (χ2n) is 4.27. The van der Waals surface area contributed by atoms with Gasteiger partial charge < -0.3 is 4.74 Å². The summed E-state index contributed by atoms with van der Waals surface area (Å²) in [6.07, 6.45) is 0.744. The predicted octanol–water partition coefficient (Wildman–Crippen LogP) is 1.40. The molecule has 6 nitrogen and oxygen atoms in total. The highest BCUT2D eigenvalue weighted by Gasteiger charge is 2.19. The highest BCUT2D eigenvalue weighted by atomic mass is 32.2. The van der Waals surface area contributed by atoms with Gasteiger partial charge >= 0.3 is 16.2 Å². The van der Waals surface area contributed by atoms with E-state index in [1.165, 1.54) is 14.2 Å². The second-order valence-corrected chi connectivity index (χ2v) is 6.04. The van der Waals surface area contributed by atoms with Crippen molar-refractivity contribution in [3.63, 3.8) is 0 Å². The molecule has 0 saturated carbocycles. The lowest BCUT2D eigenvalue weighted by Gasteiger charge is -2.19. The maximum absolute atomic E-state index is 12.1. The lowest BCUT2D eigenvalue weighted by atomic mass is 10.1. The number of anilines is 1. The molecule has 0 aromatic heterocycles. The van der Waals surface area contributed by atoms with Crippen LogP contribution in [0.25, 0.3) is 0 Å². The normalized spacial score (nSPS) is 11.4. The Hall–Kier alpha value is -1.60. The summed E-state index contributed by atoms with van der Waals surface area (Å²) in [7, 11) is -0.987. The third-order valence-electron chi connectivity index (χ3n) is 2.91. The summed E-state index contributed by atoms with van der Waals surface area (Å²) in [5, 5.41) is 0. The lowest BCUT2D eigenvalue weighted by molar-refractivity contribution is -0.140. The number of carbonyl (C=O) groups is 1. The number of esters is 1. The number of hydrogen-bond acceptors (Lipinski definition) is 4. The van der Waals surface area contributed by atoms with E-state index in [-0.39, 0.29) is 13.0 Å². The largest absolute Gasteiger partial charge is 0.469 e. The van der Waals surface area contributed by atoms with Crippen LogP contribution in [0.5, 0.6) is 0 Å². The summed E-state index contributed by atoms with van der Waals surface area (Å²) in [4.78, 5) is 11.0. The van der Waals surface area contributed by atoms with Crippen LogP contribution in [0.1, 0.15) is 18.9 Å². The molecule has 0 amide bonds. The molecule has 1 aromatic rings. The number of para-hydroxylation sites is 1. The third-order valence-corrected chi connectivity index (χ3v) is 4.39. The zero-order valence-electron chi connectivity index (χ0n) is 11.9. The second kappa shape index (κ2) is 7.25. The molecule has 7 heteroatoms. The number of nitrogens with zero attached hydrogens (tertiary/aromatic N) is 1. The van der Waals surface area contributed by atoms with Gasteiger partial charge in [0.1, 0.15) is 0 Å². The average Bonchev–Trinajstić information content (AvgIpc) is 2.44. The third kappa shape index (κ3) is 4.50. The summed E-state index contributed by atoms with van der Waals surface area (Å²) in [5.41, 5.74) is 1.47. The van der Waals surface area contributed by atoms with Gasteiger partial charge in [0.2, 0.25) is 0 Å². The Kier molecular flexibility index (Phi) is 5.97. The van der Waals surface area contributed by atoms with E-state index in [1.807, 2.05) is 19.1 Å². The van der Waals surface area contributed by atoms with Crippen LogP contribution in [0.2, 0.25) is 0 Å². The van der Waals surface area contributed by atoms with Crippen LogP contribution in [0.15, 0.2) is 24.3 Å². The number of ether oxygens (including phenoxy) is 1. The number of carbonyl (C=O) groups excluding carboxylic acids is 1. The van der Waals surface area contributed by atoms with E-state index in [9.17, 15) is 13.2 Å². The minimum atomic E-state index is -3.67. The Morgan fingerprint density at radius 3 is 2.60 bits per heavy atom. The highest BCUT2D eigenvalue weighted by Crippen LogP contribution is 2.17. The monoisotopic (exact) mass is 300 g/mol. The number of benzene rings is 1. The minimum Gasteiger partial charge on any atom is -0.469 e. The van der Waals surface area contributed by atoms with Crippen LogP contribution in [0.4, 0.5) is 5.69 Å². The van der Waals surface area contributed by atoms with Gasteiger partial charge in [0.15, 0.2) is 0 Å². The standard InChI is InChI=1S/C13H20N2O4S/c1-4-11-7-5-6-8-12(11)14-20(17,18)15(2)10-9-13(16)19-3/h5-8,14H,4,9-10H2,1-3H3. The van der Waals surface area contributed by atoms with Crippen molar-refractivity contribution < 1.29 is 17.9 Å². The molecule has 1 N–H and O–H groups in total. The van der Waals surface area contributed by atoms with E-state index in [0.717, 1.165) is 16.3 Å². The maximum Gasteiger partial charge on any atom is 0.306 e. The smallest absolute Gasteiger partial charge is 0.306 e. The van der Waals surface area contributed by atoms with Crippen LogP contribution in [-0.2, 0) is 26.2 Å². The molecule has 0 heterocycles. The van der Waals surface area contributed by atoms with E-state index in [4.69, 9.17) is 0 Å². The van der Waals surface area contributed by atoms with Gasteiger partial charge in [-0.1, -0.05) is 25.1 Å². The molecule has 1 rings (SSSR count). The summed E-state index contributed by atoms with van der Waals surface area (Å²) < 4.78 is 32.4. The minimum absolute atomic E-state index is 0.0172. The van der Waals surface area contributed by atoms with Crippen molar-refractivity contribution in [1.82, 2.24) is 4.31 Å². The zero-order chi connectivity index (χ0) is 15.2. The molecule has 0 atom stereocenters. The molecule has 0 aliphatic carbocycles. The van der Waals surface area contributed by atoms with Crippen molar-refractivity contribution >= 4 is 21.9 Å². The molecule has 0 fully saturated rings. The van der Waals surface area contributed by atoms with Gasteiger partial charge in [0.25, 0.3) is 0 Å². The van der Waals surface area contributed by atoms with Crippen LogP contribution in [0, 0.1) is 0 Å². The molecule has 0 radical (unpaired) electrons. The van der Waals surface area contributed by atoms with Gasteiger partial charge in [0.05, 0.1) is 19.2 Å². The molecule has 1 aromatic carbocycles.